The van der Waals surface area contributed by atoms with Gasteiger partial charge >= 0.3 is 0 Å². The summed E-state index contributed by atoms with van der Waals surface area (Å²) in [6.07, 6.45) is 34.0. The standard InChI is InChI=1S/C41H58O2/c1-30(18-14-20-32(3)22-24-38-34(5)26-36(42)28-40(38,7)8)16-12-13-17-31(2)19-15-21-33(4)23-25-39-35(6)27-37(43-11)29-41(39,9)10/h12-25,36-37,42H,26-29H2,1-11H3. The first-order valence-corrected chi connectivity index (χ1v) is 15.8. The summed E-state index contributed by atoms with van der Waals surface area (Å²) in [5.74, 6) is 0. The van der Waals surface area contributed by atoms with Crippen LogP contribution in [0.4, 0.5) is 0 Å². The zero-order valence-electron chi connectivity index (χ0n) is 28.9. The minimum absolute atomic E-state index is 0.00836. The van der Waals surface area contributed by atoms with Crippen LogP contribution >= 0.6 is 0 Å². The van der Waals surface area contributed by atoms with Crippen molar-refractivity contribution in [2.75, 3.05) is 7.11 Å². The van der Waals surface area contributed by atoms with E-state index in [-0.39, 0.29) is 16.9 Å². The summed E-state index contributed by atoms with van der Waals surface area (Å²) in [5, 5.41) is 10.1. The molecule has 2 aliphatic carbocycles. The van der Waals surface area contributed by atoms with Crippen molar-refractivity contribution in [1.82, 2.24) is 0 Å². The molecule has 0 fully saturated rings. The zero-order chi connectivity index (χ0) is 32.2. The number of allylic oxidation sites excluding steroid dienone is 20. The largest absolute Gasteiger partial charge is 0.393 e. The maximum atomic E-state index is 10.1. The average Bonchev–Trinajstić information content (AvgIpc) is 2.89. The smallest absolute Gasteiger partial charge is 0.0616 e. The number of aliphatic hydroxyl groups is 1. The van der Waals surface area contributed by atoms with E-state index in [9.17, 15) is 5.11 Å². The Kier molecular flexibility index (Phi) is 14.2. The third kappa shape index (κ3) is 12.3. The number of methoxy groups -OCH3 is 1. The van der Waals surface area contributed by atoms with Crippen LogP contribution in [0.3, 0.4) is 0 Å². The maximum absolute atomic E-state index is 10.1. The Labute approximate surface area is 264 Å². The zero-order valence-corrected chi connectivity index (χ0v) is 28.9. The van der Waals surface area contributed by atoms with E-state index >= 15 is 0 Å². The molecule has 0 amide bonds. The van der Waals surface area contributed by atoms with Crippen LogP contribution in [0.5, 0.6) is 0 Å². The van der Waals surface area contributed by atoms with Gasteiger partial charge in [0.05, 0.1) is 12.2 Å². The van der Waals surface area contributed by atoms with E-state index in [2.05, 4.69) is 154 Å². The fourth-order valence-corrected chi connectivity index (χ4v) is 6.26. The molecule has 0 saturated carbocycles. The van der Waals surface area contributed by atoms with Crippen molar-refractivity contribution < 1.29 is 9.84 Å². The first-order valence-electron chi connectivity index (χ1n) is 15.8. The fourth-order valence-electron chi connectivity index (χ4n) is 6.26. The van der Waals surface area contributed by atoms with Gasteiger partial charge in [0.15, 0.2) is 0 Å². The van der Waals surface area contributed by atoms with E-state index in [1.54, 1.807) is 0 Å². The molecule has 0 radical (unpaired) electrons. The van der Waals surface area contributed by atoms with Crippen molar-refractivity contribution in [2.45, 2.75) is 107 Å². The highest BCUT2D eigenvalue weighted by Gasteiger charge is 2.32. The summed E-state index contributed by atoms with van der Waals surface area (Å²) >= 11 is 0. The van der Waals surface area contributed by atoms with Gasteiger partial charge in [-0.05, 0) is 89.2 Å². The lowest BCUT2D eigenvalue weighted by molar-refractivity contribution is 0.0627. The monoisotopic (exact) mass is 582 g/mol. The molecule has 0 aliphatic heterocycles. The predicted molar refractivity (Wildman–Crippen MR) is 189 cm³/mol. The number of hydrogen-bond acceptors (Lipinski definition) is 2. The van der Waals surface area contributed by atoms with Gasteiger partial charge in [-0.25, -0.2) is 0 Å². The summed E-state index contributed by atoms with van der Waals surface area (Å²) in [7, 11) is 1.82. The van der Waals surface area contributed by atoms with Crippen molar-refractivity contribution in [3.8, 4) is 0 Å². The number of rotatable bonds is 11. The van der Waals surface area contributed by atoms with Gasteiger partial charge in [0.1, 0.15) is 0 Å². The Morgan fingerprint density at radius 1 is 0.628 bits per heavy atom. The quantitative estimate of drug-likeness (QED) is 0.246. The van der Waals surface area contributed by atoms with E-state index in [0.29, 0.717) is 6.10 Å². The SMILES string of the molecule is COC1CC(C)=C(C=CC(C)=CC=CC(C)=CC=CC=C(C)C=CC=C(C)C=CC2=C(C)CC(O)CC2(C)C)C(C)(C)C1. The molecule has 0 bridgehead atoms. The van der Waals surface area contributed by atoms with Gasteiger partial charge in [-0.3, -0.25) is 0 Å². The summed E-state index contributed by atoms with van der Waals surface area (Å²) in [6, 6.07) is 0. The van der Waals surface area contributed by atoms with Crippen LogP contribution in [0.2, 0.25) is 0 Å². The molecular weight excluding hydrogens is 524 g/mol. The molecule has 2 aliphatic rings. The van der Waals surface area contributed by atoms with Crippen molar-refractivity contribution in [2.24, 2.45) is 10.8 Å². The second-order valence-corrected chi connectivity index (χ2v) is 13.9. The van der Waals surface area contributed by atoms with Crippen molar-refractivity contribution >= 4 is 0 Å². The van der Waals surface area contributed by atoms with Gasteiger partial charge < -0.3 is 9.84 Å². The molecule has 43 heavy (non-hydrogen) atoms. The van der Waals surface area contributed by atoms with Gasteiger partial charge in [-0.15, -0.1) is 0 Å². The molecule has 0 aromatic heterocycles. The first kappa shape index (κ1) is 36.3. The van der Waals surface area contributed by atoms with Crippen LogP contribution in [-0.2, 0) is 4.74 Å². The summed E-state index contributed by atoms with van der Waals surface area (Å²) < 4.78 is 5.64. The molecule has 0 saturated heterocycles. The second kappa shape index (κ2) is 16.8. The van der Waals surface area contributed by atoms with Crippen LogP contribution < -0.4 is 0 Å². The Bertz CT molecular complexity index is 1300. The van der Waals surface area contributed by atoms with Gasteiger partial charge in [0, 0.05) is 7.11 Å². The Balaban J connectivity index is 1.91. The van der Waals surface area contributed by atoms with Gasteiger partial charge in [0.2, 0.25) is 0 Å². The molecule has 0 aromatic carbocycles. The molecule has 0 heterocycles. The molecule has 2 nitrogen and oxygen atoms in total. The normalized spacial score (nSPS) is 24.7. The summed E-state index contributed by atoms with van der Waals surface area (Å²) in [6.45, 7) is 22.0. The number of ether oxygens (including phenoxy) is 1. The lowest BCUT2D eigenvalue weighted by Crippen LogP contribution is -2.29. The summed E-state index contributed by atoms with van der Waals surface area (Å²) in [5.41, 5.74) is 10.5. The highest BCUT2D eigenvalue weighted by Crippen LogP contribution is 2.42. The van der Waals surface area contributed by atoms with Crippen LogP contribution in [0.1, 0.15) is 94.9 Å². The third-order valence-electron chi connectivity index (χ3n) is 8.56. The van der Waals surface area contributed by atoms with Crippen molar-refractivity contribution in [3.05, 3.63) is 130 Å². The van der Waals surface area contributed by atoms with E-state index in [4.69, 9.17) is 4.74 Å². The van der Waals surface area contributed by atoms with Gasteiger partial charge in [-0.1, -0.05) is 146 Å². The van der Waals surface area contributed by atoms with Crippen LogP contribution in [0, 0.1) is 10.8 Å². The molecule has 0 spiro atoms. The lowest BCUT2D eigenvalue weighted by atomic mass is 9.71. The highest BCUT2D eigenvalue weighted by atomic mass is 16.5. The van der Waals surface area contributed by atoms with Crippen LogP contribution in [-0.4, -0.2) is 24.4 Å². The molecule has 234 valence electrons. The van der Waals surface area contributed by atoms with Crippen molar-refractivity contribution in [3.63, 3.8) is 0 Å². The van der Waals surface area contributed by atoms with Crippen LogP contribution in [0.25, 0.3) is 0 Å². The lowest BCUT2D eigenvalue weighted by Gasteiger charge is -2.37. The minimum atomic E-state index is -0.224. The Morgan fingerprint density at radius 3 is 1.44 bits per heavy atom. The molecule has 2 atom stereocenters. The summed E-state index contributed by atoms with van der Waals surface area (Å²) in [4.78, 5) is 0. The maximum Gasteiger partial charge on any atom is 0.0616 e. The molecular formula is C41H58O2. The Morgan fingerprint density at radius 2 is 1.02 bits per heavy atom. The second-order valence-electron chi connectivity index (χ2n) is 13.9. The molecule has 2 heteroatoms. The minimum Gasteiger partial charge on any atom is -0.393 e. The predicted octanol–water partition coefficient (Wildman–Crippen LogP) is 11.2. The van der Waals surface area contributed by atoms with Gasteiger partial charge in [0.25, 0.3) is 0 Å². The highest BCUT2D eigenvalue weighted by molar-refractivity contribution is 5.39. The average molecular weight is 583 g/mol. The van der Waals surface area contributed by atoms with E-state index < -0.39 is 0 Å². The number of aliphatic hydroxyl groups excluding tert-OH is 1. The molecule has 2 rings (SSSR count). The van der Waals surface area contributed by atoms with E-state index in [0.717, 1.165) is 25.7 Å². The molecule has 2 unspecified atom stereocenters. The number of hydrogen-bond donors (Lipinski definition) is 1. The van der Waals surface area contributed by atoms with E-state index in [1.165, 1.54) is 44.6 Å². The van der Waals surface area contributed by atoms with Crippen molar-refractivity contribution in [1.29, 1.82) is 0 Å². The Hall–Kier alpha value is -2.94. The van der Waals surface area contributed by atoms with E-state index in [1.807, 2.05) is 7.11 Å². The third-order valence-corrected chi connectivity index (χ3v) is 8.56. The first-order chi connectivity index (χ1) is 20.1. The van der Waals surface area contributed by atoms with Gasteiger partial charge in [-0.2, -0.15) is 0 Å². The molecule has 1 N–H and O–H groups in total. The fraction of sp³-hybridized carbons (Fsp3) is 0.463. The topological polar surface area (TPSA) is 29.5 Å². The van der Waals surface area contributed by atoms with Crippen LogP contribution in [0.15, 0.2) is 130 Å². The molecule has 0 aromatic rings.